The number of nitrogens with zero attached hydrogens (tertiary/aromatic N) is 1. The summed E-state index contributed by atoms with van der Waals surface area (Å²) < 4.78 is 0. The van der Waals surface area contributed by atoms with Gasteiger partial charge in [-0.3, -0.25) is 9.69 Å². The summed E-state index contributed by atoms with van der Waals surface area (Å²) in [6.45, 7) is 9.63. The molecule has 1 amide bonds. The van der Waals surface area contributed by atoms with E-state index >= 15 is 0 Å². The molecule has 0 spiro atoms. The molecular weight excluding hydrogens is 402 g/mol. The molecule has 0 aromatic carbocycles. The van der Waals surface area contributed by atoms with E-state index < -0.39 is 0 Å². The normalized spacial score (nSPS) is 30.2. The van der Waals surface area contributed by atoms with Crippen molar-refractivity contribution in [2.24, 2.45) is 17.6 Å². The van der Waals surface area contributed by atoms with E-state index in [0.717, 1.165) is 35.6 Å². The van der Waals surface area contributed by atoms with Gasteiger partial charge in [0.15, 0.2) is 0 Å². The highest BCUT2D eigenvalue weighted by Crippen LogP contribution is 2.42. The minimum absolute atomic E-state index is 0.0371. The number of thioether (sulfide) groups is 1. The lowest BCUT2D eigenvalue weighted by atomic mass is 9.82. The molecule has 0 radical (unpaired) electrons. The van der Waals surface area contributed by atoms with Crippen molar-refractivity contribution in [2.45, 2.75) is 69.8 Å². The summed E-state index contributed by atoms with van der Waals surface area (Å²) in [5, 5.41) is 14.3. The second kappa shape index (κ2) is 9.08. The summed E-state index contributed by atoms with van der Waals surface area (Å²) in [6, 6.07) is -0.272. The Kier molecular flexibility index (Phi) is 7.14. The smallest absolute Gasteiger partial charge is 0.238 e. The molecular formula is C22H35N3O2S2. The third-order valence-electron chi connectivity index (χ3n) is 6.11. The standard InChI is InChI=1S/C22H35N3O2S2/c1-13(23)17(15-6-5-14(28)11-18(15)26)12-25-9-7-19-16(8-10-29-19)20(25)21(27)24-22(2,3)4/h6,11,13,16-17,19-20,26H,5,7-10,12,23H2,1-4H3,(H,24,27)/t13-,16+,17-,19+,20?/m1/s1. The van der Waals surface area contributed by atoms with Crippen molar-refractivity contribution in [2.75, 3.05) is 18.8 Å². The first-order valence-corrected chi connectivity index (χ1v) is 12.1. The van der Waals surface area contributed by atoms with Crippen LogP contribution < -0.4 is 11.1 Å². The van der Waals surface area contributed by atoms with Crippen LogP contribution in [0, 0.1) is 11.8 Å². The number of piperidine rings is 1. The molecule has 3 rings (SSSR count). The number of nitrogens with one attached hydrogen (secondary N) is 1. The van der Waals surface area contributed by atoms with Crippen molar-refractivity contribution in [1.29, 1.82) is 0 Å². The van der Waals surface area contributed by atoms with E-state index in [9.17, 15) is 9.90 Å². The molecule has 0 saturated carbocycles. The van der Waals surface area contributed by atoms with Crippen LogP contribution in [0.5, 0.6) is 0 Å². The molecule has 29 heavy (non-hydrogen) atoms. The molecule has 1 unspecified atom stereocenters. The number of hydrogen-bond donors (Lipinski definition) is 3. The highest BCUT2D eigenvalue weighted by molar-refractivity contribution is 8.00. The molecule has 162 valence electrons. The Labute approximate surface area is 184 Å². The fourth-order valence-corrected chi connectivity index (χ4v) is 6.50. The number of aliphatic hydroxyl groups excluding tert-OH is 1. The average molecular weight is 438 g/mol. The van der Waals surface area contributed by atoms with Crippen LogP contribution in [-0.4, -0.2) is 62.5 Å². The quantitative estimate of drug-likeness (QED) is 0.573. The van der Waals surface area contributed by atoms with Gasteiger partial charge in [0, 0.05) is 47.1 Å². The molecule has 2 heterocycles. The maximum Gasteiger partial charge on any atom is 0.238 e. The third kappa shape index (κ3) is 5.43. The molecule has 2 saturated heterocycles. The van der Waals surface area contributed by atoms with Gasteiger partial charge >= 0.3 is 0 Å². The molecule has 0 aromatic rings. The maximum atomic E-state index is 13.3. The molecule has 0 aromatic heterocycles. The van der Waals surface area contributed by atoms with Crippen LogP contribution in [0.15, 0.2) is 23.5 Å². The molecule has 5 atom stereocenters. The van der Waals surface area contributed by atoms with Crippen molar-refractivity contribution in [3.05, 3.63) is 23.5 Å². The zero-order chi connectivity index (χ0) is 21.3. The Balaban J connectivity index is 1.84. The van der Waals surface area contributed by atoms with Gasteiger partial charge in [-0.1, -0.05) is 18.3 Å². The SMILES string of the molecule is C[C@@H](N)[C@@H](CN1CC[C@@H]2SCC[C@@H]2C1C(=O)NC(C)(C)C)C1=CCC(=S)C=C1O. The number of aliphatic hydroxyl groups is 1. The van der Waals surface area contributed by atoms with E-state index in [4.69, 9.17) is 18.0 Å². The van der Waals surface area contributed by atoms with Gasteiger partial charge in [0.1, 0.15) is 5.76 Å². The van der Waals surface area contributed by atoms with Crippen molar-refractivity contribution in [1.82, 2.24) is 10.2 Å². The van der Waals surface area contributed by atoms with E-state index in [1.165, 1.54) is 0 Å². The molecule has 1 aliphatic carbocycles. The van der Waals surface area contributed by atoms with Gasteiger partial charge in [0.25, 0.3) is 0 Å². The average Bonchev–Trinajstić information content (AvgIpc) is 3.06. The van der Waals surface area contributed by atoms with Crippen molar-refractivity contribution in [3.63, 3.8) is 0 Å². The number of likely N-dealkylation sites (tertiary alicyclic amines) is 1. The van der Waals surface area contributed by atoms with Gasteiger partial charge in [0.2, 0.25) is 5.91 Å². The zero-order valence-corrected chi connectivity index (χ0v) is 19.6. The predicted molar refractivity (Wildman–Crippen MR) is 125 cm³/mol. The zero-order valence-electron chi connectivity index (χ0n) is 18.0. The van der Waals surface area contributed by atoms with Crippen LogP contribution in [0.1, 0.15) is 47.0 Å². The van der Waals surface area contributed by atoms with Gasteiger partial charge in [-0.25, -0.2) is 0 Å². The summed E-state index contributed by atoms with van der Waals surface area (Å²) in [7, 11) is 0. The van der Waals surface area contributed by atoms with E-state index in [-0.39, 0.29) is 35.2 Å². The molecule has 0 bridgehead atoms. The number of rotatable bonds is 5. The molecule has 4 N–H and O–H groups in total. The Bertz CT molecular complexity index is 711. The van der Waals surface area contributed by atoms with Gasteiger partial charge in [-0.15, -0.1) is 0 Å². The molecule has 2 fully saturated rings. The number of hydrogen-bond acceptors (Lipinski definition) is 6. The van der Waals surface area contributed by atoms with Crippen LogP contribution in [-0.2, 0) is 4.79 Å². The van der Waals surface area contributed by atoms with E-state index in [2.05, 4.69) is 10.2 Å². The van der Waals surface area contributed by atoms with Gasteiger partial charge in [0.05, 0.1) is 6.04 Å². The van der Waals surface area contributed by atoms with Crippen molar-refractivity contribution < 1.29 is 9.90 Å². The largest absolute Gasteiger partial charge is 0.508 e. The number of thiocarbonyl (C=S) groups is 1. The monoisotopic (exact) mass is 437 g/mol. The fraction of sp³-hybridized carbons (Fsp3) is 0.727. The minimum Gasteiger partial charge on any atom is -0.508 e. The first-order chi connectivity index (χ1) is 13.6. The first-order valence-electron chi connectivity index (χ1n) is 10.6. The van der Waals surface area contributed by atoms with Crippen LogP contribution >= 0.6 is 24.0 Å². The topological polar surface area (TPSA) is 78.6 Å². The molecule has 7 heteroatoms. The van der Waals surface area contributed by atoms with Crippen LogP contribution in [0.2, 0.25) is 0 Å². The number of carbonyl (C=O) groups excluding carboxylic acids is 1. The molecule has 5 nitrogen and oxygen atoms in total. The highest BCUT2D eigenvalue weighted by atomic mass is 32.2. The van der Waals surface area contributed by atoms with E-state index in [1.54, 1.807) is 6.08 Å². The van der Waals surface area contributed by atoms with E-state index in [1.807, 2.05) is 45.5 Å². The first kappa shape index (κ1) is 22.8. The number of nitrogens with two attached hydrogens (primary N) is 1. The van der Waals surface area contributed by atoms with Crippen LogP contribution in [0.3, 0.4) is 0 Å². The maximum absolute atomic E-state index is 13.3. The Hall–Kier alpha value is -0.890. The number of amides is 1. The van der Waals surface area contributed by atoms with Crippen molar-refractivity contribution in [3.8, 4) is 0 Å². The van der Waals surface area contributed by atoms with Crippen LogP contribution in [0.25, 0.3) is 0 Å². The summed E-state index contributed by atoms with van der Waals surface area (Å²) in [5.41, 5.74) is 6.98. The lowest BCUT2D eigenvalue weighted by Gasteiger charge is -2.44. The second-order valence-electron chi connectivity index (χ2n) is 9.65. The number of allylic oxidation sites excluding steroid dienone is 3. The fourth-order valence-electron chi connectivity index (χ4n) is 4.79. The summed E-state index contributed by atoms with van der Waals surface area (Å²) in [5.74, 6) is 1.82. The van der Waals surface area contributed by atoms with Gasteiger partial charge in [-0.05, 0) is 63.9 Å². The highest BCUT2D eigenvalue weighted by Gasteiger charge is 2.46. The van der Waals surface area contributed by atoms with Crippen LogP contribution in [0.4, 0.5) is 0 Å². The lowest BCUT2D eigenvalue weighted by molar-refractivity contribution is -0.131. The number of carbonyl (C=O) groups is 1. The Morgan fingerprint density at radius 1 is 1.45 bits per heavy atom. The summed E-state index contributed by atoms with van der Waals surface area (Å²) in [4.78, 5) is 16.4. The molecule has 2 aliphatic heterocycles. The third-order valence-corrected chi connectivity index (χ3v) is 7.88. The van der Waals surface area contributed by atoms with Gasteiger partial charge < -0.3 is 16.2 Å². The lowest BCUT2D eigenvalue weighted by Crippen LogP contribution is -2.60. The predicted octanol–water partition coefficient (Wildman–Crippen LogP) is 3.20. The Morgan fingerprint density at radius 3 is 2.79 bits per heavy atom. The van der Waals surface area contributed by atoms with Crippen molar-refractivity contribution >= 4 is 34.8 Å². The Morgan fingerprint density at radius 2 is 2.17 bits per heavy atom. The summed E-state index contributed by atoms with van der Waals surface area (Å²) >= 11 is 7.24. The number of fused-ring (bicyclic) bond motifs is 1. The molecule has 3 aliphatic rings. The minimum atomic E-state index is -0.259. The van der Waals surface area contributed by atoms with Gasteiger partial charge in [-0.2, -0.15) is 11.8 Å². The summed E-state index contributed by atoms with van der Waals surface area (Å²) in [6.07, 6.45) is 6.52. The second-order valence-corrected chi connectivity index (χ2v) is 11.5. The van der Waals surface area contributed by atoms with E-state index in [0.29, 0.717) is 24.1 Å².